The van der Waals surface area contributed by atoms with Crippen LogP contribution in [0.1, 0.15) is 19.3 Å². The van der Waals surface area contributed by atoms with Crippen LogP contribution >= 0.6 is 0 Å². The monoisotopic (exact) mass is 438 g/mol. The number of nitrogens with two attached hydrogens (primary N) is 1. The molecule has 0 radical (unpaired) electrons. The summed E-state index contributed by atoms with van der Waals surface area (Å²) in [7, 11) is -4.91. The lowest BCUT2D eigenvalue weighted by Gasteiger charge is -2.30. The summed E-state index contributed by atoms with van der Waals surface area (Å²) in [4.78, 5) is 1.94. The summed E-state index contributed by atoms with van der Waals surface area (Å²) < 4.78 is 54.1. The highest BCUT2D eigenvalue weighted by Crippen LogP contribution is 2.31. The number of anilines is 3. The highest BCUT2D eigenvalue weighted by molar-refractivity contribution is 7.93. The van der Waals surface area contributed by atoms with Gasteiger partial charge in [-0.2, -0.15) is 0 Å². The zero-order valence-electron chi connectivity index (χ0n) is 16.5. The first-order valence-corrected chi connectivity index (χ1v) is 12.2. The Bertz CT molecular complexity index is 1090. The molecule has 0 saturated carbocycles. The fourth-order valence-electron chi connectivity index (χ4n) is 3.31. The van der Waals surface area contributed by atoms with E-state index in [1.54, 1.807) is 12.1 Å². The van der Waals surface area contributed by atoms with Crippen molar-refractivity contribution in [2.45, 2.75) is 29.1 Å². The molecule has 0 spiro atoms. The van der Waals surface area contributed by atoms with Crippen LogP contribution in [0.4, 0.5) is 17.1 Å². The topological polar surface area (TPSA) is 113 Å². The second-order valence-electron chi connectivity index (χ2n) is 7.16. The van der Waals surface area contributed by atoms with Crippen molar-refractivity contribution in [3.63, 3.8) is 0 Å². The van der Waals surface area contributed by atoms with Gasteiger partial charge in [-0.05, 0) is 49.6 Å². The van der Waals surface area contributed by atoms with Crippen molar-refractivity contribution < 1.29 is 16.8 Å². The summed E-state index contributed by atoms with van der Waals surface area (Å²) in [6, 6.07) is 10.9. The van der Waals surface area contributed by atoms with Crippen molar-refractivity contribution in [2.75, 3.05) is 42.5 Å². The van der Waals surface area contributed by atoms with E-state index in [2.05, 4.69) is 9.62 Å². The van der Waals surface area contributed by atoms with Gasteiger partial charge in [0, 0.05) is 27.2 Å². The van der Waals surface area contributed by atoms with Crippen molar-refractivity contribution in [3.05, 3.63) is 42.5 Å². The zero-order valence-corrected chi connectivity index (χ0v) is 18.1. The van der Waals surface area contributed by atoms with Gasteiger partial charge in [0.05, 0.1) is 22.0 Å². The van der Waals surface area contributed by atoms with Gasteiger partial charge in [0.1, 0.15) is 4.90 Å². The molecule has 0 amide bonds. The van der Waals surface area contributed by atoms with E-state index in [-0.39, 0.29) is 15.5 Å². The third kappa shape index (κ3) is 4.49. The molecule has 3 rings (SSSR count). The van der Waals surface area contributed by atoms with Crippen LogP contribution in [0.3, 0.4) is 0 Å². The minimum Gasteiger partial charge on any atom is -0.398 e. The fourth-order valence-corrected chi connectivity index (χ4v) is 5.44. The lowest BCUT2D eigenvalue weighted by molar-refractivity contribution is 0.520. The van der Waals surface area contributed by atoms with E-state index in [4.69, 9.17) is 5.73 Å². The number of para-hydroxylation sites is 2. The average Bonchev–Trinajstić information content (AvgIpc) is 2.68. The second-order valence-corrected chi connectivity index (χ2v) is 11.0. The van der Waals surface area contributed by atoms with E-state index in [1.807, 2.05) is 12.1 Å². The molecule has 2 aromatic carbocycles. The molecule has 1 fully saturated rings. The van der Waals surface area contributed by atoms with E-state index in [0.29, 0.717) is 5.69 Å². The van der Waals surface area contributed by atoms with Gasteiger partial charge in [0.15, 0.2) is 0 Å². The van der Waals surface area contributed by atoms with E-state index >= 15 is 0 Å². The highest BCUT2D eigenvalue weighted by atomic mass is 32.2. The first kappa shape index (κ1) is 21.4. The van der Waals surface area contributed by atoms with Crippen LogP contribution in [0.15, 0.2) is 52.3 Å². The molecule has 158 valence electrons. The van der Waals surface area contributed by atoms with E-state index < -0.39 is 20.0 Å². The minimum atomic E-state index is -4.00. The fraction of sp³-hybridized carbons (Fsp3) is 0.368. The van der Waals surface area contributed by atoms with Gasteiger partial charge in [-0.25, -0.2) is 21.1 Å². The predicted molar refractivity (Wildman–Crippen MR) is 115 cm³/mol. The number of rotatable bonds is 6. The molecule has 2 aromatic rings. The van der Waals surface area contributed by atoms with Crippen molar-refractivity contribution in [1.82, 2.24) is 4.31 Å². The molecule has 0 aromatic heterocycles. The normalized spacial score (nSPS) is 15.5. The first-order chi connectivity index (χ1) is 13.6. The van der Waals surface area contributed by atoms with Crippen LogP contribution in [0.25, 0.3) is 0 Å². The van der Waals surface area contributed by atoms with Crippen LogP contribution in [-0.4, -0.2) is 48.3 Å². The number of benzene rings is 2. The minimum absolute atomic E-state index is 0.0623. The predicted octanol–water partition coefficient (Wildman–Crippen LogP) is 2.31. The van der Waals surface area contributed by atoms with E-state index in [0.717, 1.165) is 35.9 Å². The zero-order chi connectivity index (χ0) is 21.2. The van der Waals surface area contributed by atoms with E-state index in [1.165, 1.54) is 38.7 Å². The third-order valence-corrected chi connectivity index (χ3v) is 8.15. The molecular weight excluding hydrogens is 412 g/mol. The number of nitrogen functional groups attached to an aromatic ring is 1. The SMILES string of the molecule is CN(C)S(=O)(=O)c1ccc(S(=O)(=O)Nc2ccccc2N2CCCCC2)c(N)c1. The van der Waals surface area contributed by atoms with Gasteiger partial charge in [0.2, 0.25) is 10.0 Å². The van der Waals surface area contributed by atoms with Crippen molar-refractivity contribution >= 4 is 37.1 Å². The summed E-state index contributed by atoms with van der Waals surface area (Å²) in [5, 5.41) is 0. The number of sulfonamides is 2. The maximum Gasteiger partial charge on any atom is 0.264 e. The molecule has 3 N–H and O–H groups in total. The molecule has 0 atom stereocenters. The van der Waals surface area contributed by atoms with Gasteiger partial charge in [-0.1, -0.05) is 12.1 Å². The van der Waals surface area contributed by atoms with E-state index in [9.17, 15) is 16.8 Å². The summed E-state index contributed by atoms with van der Waals surface area (Å²) in [5.74, 6) is 0. The molecule has 1 saturated heterocycles. The van der Waals surface area contributed by atoms with Gasteiger partial charge >= 0.3 is 0 Å². The van der Waals surface area contributed by atoms with Crippen LogP contribution in [0.5, 0.6) is 0 Å². The number of hydrogen-bond donors (Lipinski definition) is 2. The number of piperidine rings is 1. The first-order valence-electron chi connectivity index (χ1n) is 9.32. The summed E-state index contributed by atoms with van der Waals surface area (Å²) >= 11 is 0. The molecule has 0 aliphatic carbocycles. The molecule has 0 unspecified atom stereocenters. The Morgan fingerprint density at radius 2 is 1.62 bits per heavy atom. The van der Waals surface area contributed by atoms with Gasteiger partial charge in [0.25, 0.3) is 10.0 Å². The maximum absolute atomic E-state index is 13.0. The van der Waals surface area contributed by atoms with Crippen molar-refractivity contribution in [3.8, 4) is 0 Å². The molecule has 1 aliphatic rings. The Morgan fingerprint density at radius 1 is 0.966 bits per heavy atom. The molecule has 10 heteroatoms. The molecular formula is C19H26N4O4S2. The Kier molecular flexibility index (Phi) is 6.06. The average molecular weight is 439 g/mol. The molecule has 1 aliphatic heterocycles. The van der Waals surface area contributed by atoms with Crippen molar-refractivity contribution in [2.24, 2.45) is 0 Å². The Balaban J connectivity index is 1.93. The van der Waals surface area contributed by atoms with Crippen LogP contribution in [-0.2, 0) is 20.0 Å². The standard InChI is InChI=1S/C19H26N4O4S2/c1-22(2)29(26,27)15-10-11-19(16(20)14-15)28(24,25)21-17-8-4-5-9-18(17)23-12-6-3-7-13-23/h4-5,8-11,14,21H,3,6-7,12-13,20H2,1-2H3. The Labute approximate surface area is 172 Å². The quantitative estimate of drug-likeness (QED) is 0.669. The Hall–Kier alpha value is -2.30. The summed E-state index contributed by atoms with van der Waals surface area (Å²) in [5.41, 5.74) is 7.09. The molecule has 1 heterocycles. The maximum atomic E-state index is 13.0. The smallest absolute Gasteiger partial charge is 0.264 e. The summed E-state index contributed by atoms with van der Waals surface area (Å²) in [6.45, 7) is 1.75. The van der Waals surface area contributed by atoms with Gasteiger partial charge < -0.3 is 10.6 Å². The van der Waals surface area contributed by atoms with Crippen LogP contribution in [0, 0.1) is 0 Å². The van der Waals surface area contributed by atoms with Crippen LogP contribution < -0.4 is 15.4 Å². The molecule has 0 bridgehead atoms. The largest absolute Gasteiger partial charge is 0.398 e. The Morgan fingerprint density at radius 3 is 2.24 bits per heavy atom. The molecule has 29 heavy (non-hydrogen) atoms. The highest BCUT2D eigenvalue weighted by Gasteiger charge is 2.24. The van der Waals surface area contributed by atoms with Crippen molar-refractivity contribution in [1.29, 1.82) is 0 Å². The summed E-state index contributed by atoms with van der Waals surface area (Å²) in [6.07, 6.45) is 3.30. The van der Waals surface area contributed by atoms with Crippen LogP contribution in [0.2, 0.25) is 0 Å². The van der Waals surface area contributed by atoms with Gasteiger partial charge in [-0.15, -0.1) is 0 Å². The second kappa shape index (κ2) is 8.21. The third-order valence-electron chi connectivity index (χ3n) is 4.89. The molecule has 8 nitrogen and oxygen atoms in total. The van der Waals surface area contributed by atoms with Gasteiger partial charge in [-0.3, -0.25) is 4.72 Å². The number of nitrogens with zero attached hydrogens (tertiary/aromatic N) is 2. The lowest BCUT2D eigenvalue weighted by Crippen LogP contribution is -2.30. The number of hydrogen-bond acceptors (Lipinski definition) is 6. The number of nitrogens with one attached hydrogen (secondary N) is 1. The lowest BCUT2D eigenvalue weighted by atomic mass is 10.1.